The standard InChI is InChI=1S/C53H88N8O14/c1-14-42-53(10,68)46(64)35(6)59(12)27-31(2)25-51(8,67)48(33(4)45(34(5)49(66)73-42)74-43-26-52(9,69-13)47(65)36(7)72-43)75-50-44(63)41(24-32(3)71-50)58(11)22-20-37-28-60(56-54-37)21-15-23-70-40-18-16-39(17-19-40)61-29-38(30-62)55-57-61/h16-19,28-29,31-36,41-48,50,62-65,67-68H,14-15,20-27,30H2,1-13H3/p+1/t31-,32-,33+,34-,35-,36+,41+,42-,43+,44-,45+,46-,47+,48-,50+,51-,52-,53-/m1/s1. The van der Waals surface area contributed by atoms with E-state index in [1.165, 1.54) is 14.0 Å². The molecule has 18 atom stereocenters. The summed E-state index contributed by atoms with van der Waals surface area (Å²) in [5.41, 5.74) is -2.36. The van der Waals surface area contributed by atoms with Crippen molar-refractivity contribution in [2.45, 2.75) is 211 Å². The lowest BCUT2D eigenvalue weighted by molar-refractivity contribution is -0.659. The van der Waals surface area contributed by atoms with Gasteiger partial charge >= 0.3 is 5.97 Å². The number of cyclic esters (lactones) is 1. The third-order valence-electron chi connectivity index (χ3n) is 16.1. The van der Waals surface area contributed by atoms with Gasteiger partial charge in [-0.2, -0.15) is 0 Å². The SMILES string of the molecule is CC[C@H]1OC(=O)[C@H](C)[C@@H](O[C@H]2C[C@@](C)(OC)[C@@H](O)[C@H](C)O2)[C@H](C)[C@@H](O[C@@H]2O[C@H](C)C[C@H](N(C)CCc3cn(CCCOc4ccc(-[n+]5cc(CO)n[nH]5)cc4)nn3)[C@H]2O)[C@](C)(O)C[C@@H](C)CN(C)[C@H](C)[C@@H](O)[C@]1(C)O. The van der Waals surface area contributed by atoms with Crippen LogP contribution in [0.2, 0.25) is 0 Å². The summed E-state index contributed by atoms with van der Waals surface area (Å²) in [5, 5.41) is 84.7. The Morgan fingerprint density at radius 3 is 2.33 bits per heavy atom. The second-order valence-electron chi connectivity index (χ2n) is 22.5. The number of benzene rings is 1. The number of likely N-dealkylation sites (N-methyl/N-ethyl adjacent to an activating group) is 2. The van der Waals surface area contributed by atoms with Crippen molar-refractivity contribution in [3.05, 3.63) is 48.0 Å². The molecule has 0 spiro atoms. The molecule has 22 heteroatoms. The number of methoxy groups -OCH3 is 1. The first-order chi connectivity index (χ1) is 35.3. The topological polar surface area (TPSA) is 273 Å². The second kappa shape index (κ2) is 25.8. The van der Waals surface area contributed by atoms with Crippen LogP contribution in [0.25, 0.3) is 5.69 Å². The molecule has 3 aromatic rings. The van der Waals surface area contributed by atoms with E-state index in [9.17, 15) is 35.4 Å². The summed E-state index contributed by atoms with van der Waals surface area (Å²) in [5.74, 6) is -2.07. The van der Waals surface area contributed by atoms with Gasteiger partial charge in [0.25, 0.3) is 0 Å². The molecular weight excluding hydrogens is 973 g/mol. The van der Waals surface area contributed by atoms with Crippen molar-refractivity contribution >= 4 is 5.97 Å². The minimum atomic E-state index is -1.84. The van der Waals surface area contributed by atoms with Gasteiger partial charge in [-0.05, 0) is 112 Å². The number of aliphatic hydroxyl groups is 6. The number of hydrogen-bond acceptors (Lipinski definition) is 19. The van der Waals surface area contributed by atoms with Gasteiger partial charge in [-0.25, -0.2) is 0 Å². The van der Waals surface area contributed by atoms with Gasteiger partial charge in [0.15, 0.2) is 24.5 Å². The first-order valence-electron chi connectivity index (χ1n) is 26.8. The molecule has 0 amide bonds. The van der Waals surface area contributed by atoms with Crippen LogP contribution >= 0.6 is 0 Å². The highest BCUT2D eigenvalue weighted by Gasteiger charge is 2.53. The summed E-state index contributed by atoms with van der Waals surface area (Å²) in [6.07, 6.45) is -4.20. The third-order valence-corrected chi connectivity index (χ3v) is 16.1. The normalized spacial score (nSPS) is 38.0. The molecule has 424 valence electrons. The smallest absolute Gasteiger partial charge is 0.311 e. The summed E-state index contributed by atoms with van der Waals surface area (Å²) in [4.78, 5) is 18.5. The molecule has 5 heterocycles. The molecule has 75 heavy (non-hydrogen) atoms. The molecule has 1 aromatic carbocycles. The van der Waals surface area contributed by atoms with E-state index in [-0.39, 0.29) is 37.9 Å². The Kier molecular flexibility index (Phi) is 20.8. The van der Waals surface area contributed by atoms with Crippen molar-refractivity contribution in [1.29, 1.82) is 0 Å². The molecule has 3 aliphatic heterocycles. The predicted octanol–water partition coefficient (Wildman–Crippen LogP) is 2.07. The third kappa shape index (κ3) is 14.7. The van der Waals surface area contributed by atoms with Gasteiger partial charge in [0.2, 0.25) is 5.69 Å². The van der Waals surface area contributed by atoms with E-state index in [1.54, 1.807) is 57.1 Å². The highest BCUT2D eigenvalue weighted by atomic mass is 16.7. The van der Waals surface area contributed by atoms with Crippen molar-refractivity contribution in [2.24, 2.45) is 17.8 Å². The number of nitrogens with one attached hydrogen (secondary N) is 1. The molecule has 0 saturated carbocycles. The molecule has 22 nitrogen and oxygen atoms in total. The first kappa shape index (κ1) is 60.5. The van der Waals surface area contributed by atoms with Crippen molar-refractivity contribution in [1.82, 2.24) is 35.1 Å². The molecule has 3 saturated heterocycles. The zero-order chi connectivity index (χ0) is 55.2. The number of esters is 1. The van der Waals surface area contributed by atoms with E-state index < -0.39 is 102 Å². The number of aryl methyl sites for hydroxylation is 1. The average molecular weight is 1060 g/mol. The van der Waals surface area contributed by atoms with Crippen molar-refractivity contribution < 1.29 is 73.3 Å². The van der Waals surface area contributed by atoms with Crippen LogP contribution in [-0.4, -0.2) is 203 Å². The van der Waals surface area contributed by atoms with Gasteiger partial charge in [0.05, 0.1) is 53.8 Å². The number of hydrogen-bond donors (Lipinski definition) is 7. The van der Waals surface area contributed by atoms with Gasteiger partial charge in [-0.3, -0.25) is 9.48 Å². The fraction of sp³-hybridized carbons (Fsp3) is 0.792. The number of ether oxygens (including phenoxy) is 7. The van der Waals surface area contributed by atoms with E-state index in [4.69, 9.17) is 33.2 Å². The molecule has 3 aliphatic rings. The first-order valence-corrected chi connectivity index (χ1v) is 26.8. The zero-order valence-corrected chi connectivity index (χ0v) is 46.5. The number of aromatic amines is 1. The van der Waals surface area contributed by atoms with Gasteiger partial charge in [-0.1, -0.05) is 31.2 Å². The molecule has 2 aromatic heterocycles. The lowest BCUT2D eigenvalue weighted by Crippen LogP contribution is -2.61. The monoisotopic (exact) mass is 1060 g/mol. The quantitative estimate of drug-likeness (QED) is 0.0579. The van der Waals surface area contributed by atoms with Crippen molar-refractivity contribution in [3.63, 3.8) is 0 Å². The Labute approximate surface area is 442 Å². The lowest BCUT2D eigenvalue weighted by atomic mass is 9.77. The number of aliphatic hydroxyl groups excluding tert-OH is 4. The number of aromatic nitrogens is 6. The molecule has 0 aliphatic carbocycles. The van der Waals surface area contributed by atoms with E-state index in [2.05, 4.69) is 25.5 Å². The van der Waals surface area contributed by atoms with Crippen LogP contribution in [0.5, 0.6) is 5.75 Å². The Bertz CT molecular complexity index is 2230. The minimum absolute atomic E-state index is 0.0987. The van der Waals surface area contributed by atoms with E-state index in [0.29, 0.717) is 51.2 Å². The largest absolute Gasteiger partial charge is 0.494 e. The highest BCUT2D eigenvalue weighted by Crippen LogP contribution is 2.40. The van der Waals surface area contributed by atoms with Crippen LogP contribution in [0.15, 0.2) is 36.7 Å². The summed E-state index contributed by atoms with van der Waals surface area (Å²) in [6, 6.07) is 6.54. The Morgan fingerprint density at radius 1 is 0.973 bits per heavy atom. The molecule has 0 bridgehead atoms. The zero-order valence-electron chi connectivity index (χ0n) is 46.5. The second-order valence-corrected chi connectivity index (χ2v) is 22.5. The van der Waals surface area contributed by atoms with Crippen LogP contribution in [0.1, 0.15) is 113 Å². The maximum Gasteiger partial charge on any atom is 0.311 e. The summed E-state index contributed by atoms with van der Waals surface area (Å²) >= 11 is 0. The summed E-state index contributed by atoms with van der Waals surface area (Å²) < 4.78 is 47.8. The van der Waals surface area contributed by atoms with Crippen molar-refractivity contribution in [3.8, 4) is 11.4 Å². The van der Waals surface area contributed by atoms with E-state index >= 15 is 0 Å². The predicted molar refractivity (Wildman–Crippen MR) is 273 cm³/mol. The molecule has 3 fully saturated rings. The number of H-pyrrole nitrogens is 1. The lowest BCUT2D eigenvalue weighted by Gasteiger charge is -2.49. The van der Waals surface area contributed by atoms with Gasteiger partial charge < -0.3 is 73.6 Å². The van der Waals surface area contributed by atoms with Gasteiger partial charge in [0, 0.05) is 75.3 Å². The van der Waals surface area contributed by atoms with Crippen LogP contribution in [0.3, 0.4) is 0 Å². The molecular formula is C53H89N8O14+. The van der Waals surface area contributed by atoms with Gasteiger partial charge in [0.1, 0.15) is 42.4 Å². The van der Waals surface area contributed by atoms with Crippen LogP contribution < -0.4 is 9.42 Å². The number of nitrogens with zero attached hydrogens (tertiary/aromatic N) is 7. The Hall–Kier alpha value is -3.75. The van der Waals surface area contributed by atoms with Crippen molar-refractivity contribution in [2.75, 3.05) is 40.9 Å². The Morgan fingerprint density at radius 2 is 1.68 bits per heavy atom. The maximum atomic E-state index is 14.5. The van der Waals surface area contributed by atoms with E-state index in [1.807, 2.05) is 70.2 Å². The number of rotatable bonds is 17. The van der Waals surface area contributed by atoms with Crippen LogP contribution in [0.4, 0.5) is 0 Å². The van der Waals surface area contributed by atoms with Gasteiger partial charge in [-0.15, -0.1) is 9.78 Å². The molecule has 0 radical (unpaired) electrons. The highest BCUT2D eigenvalue weighted by molar-refractivity contribution is 5.73. The van der Waals surface area contributed by atoms with Crippen LogP contribution in [-0.2, 0) is 52.8 Å². The Balaban J connectivity index is 1.17. The molecule has 7 N–H and O–H groups in total. The fourth-order valence-electron chi connectivity index (χ4n) is 11.3. The maximum absolute atomic E-state index is 14.5. The molecule has 0 unspecified atom stereocenters. The number of carbonyl (C=O) groups excluding carboxylic acids is 1. The van der Waals surface area contributed by atoms with Crippen LogP contribution in [0, 0.1) is 17.8 Å². The minimum Gasteiger partial charge on any atom is -0.494 e. The summed E-state index contributed by atoms with van der Waals surface area (Å²) in [7, 11) is 5.28. The van der Waals surface area contributed by atoms with E-state index in [0.717, 1.165) is 17.1 Å². The summed E-state index contributed by atoms with van der Waals surface area (Å²) in [6.45, 7) is 19.4. The molecule has 6 rings (SSSR count). The average Bonchev–Trinajstić information content (AvgIpc) is 4.06. The number of carbonyl (C=O) groups is 1. The fourth-order valence-corrected chi connectivity index (χ4v) is 11.3.